The van der Waals surface area contributed by atoms with Crippen molar-refractivity contribution in [2.24, 2.45) is 5.92 Å². The minimum Gasteiger partial charge on any atom is -0.385 e. The largest absolute Gasteiger partial charge is 0.385 e. The zero-order valence-electron chi connectivity index (χ0n) is 11.9. The van der Waals surface area contributed by atoms with Crippen molar-refractivity contribution in [3.8, 4) is 0 Å². The smallest absolute Gasteiger partial charge is 0.137 e. The summed E-state index contributed by atoms with van der Waals surface area (Å²) >= 11 is 0. The van der Waals surface area contributed by atoms with E-state index in [1.165, 1.54) is 38.2 Å². The molecule has 0 amide bonds. The van der Waals surface area contributed by atoms with E-state index in [0.717, 1.165) is 37.5 Å². The highest BCUT2D eigenvalue weighted by molar-refractivity contribution is 5.09. The van der Waals surface area contributed by atoms with Crippen molar-refractivity contribution in [2.45, 2.75) is 51.7 Å². The molecule has 0 spiro atoms. The Labute approximate surface area is 115 Å². The van der Waals surface area contributed by atoms with E-state index >= 15 is 0 Å². The molecule has 1 atom stereocenters. The van der Waals surface area contributed by atoms with Crippen LogP contribution in [0.15, 0.2) is 6.20 Å². The molecule has 1 fully saturated rings. The van der Waals surface area contributed by atoms with Crippen molar-refractivity contribution in [1.82, 2.24) is 14.5 Å². The van der Waals surface area contributed by atoms with Gasteiger partial charge in [0.1, 0.15) is 11.9 Å². The van der Waals surface area contributed by atoms with Crippen molar-refractivity contribution in [2.75, 3.05) is 19.6 Å². The number of hydrogen-bond acceptors (Lipinski definition) is 3. The summed E-state index contributed by atoms with van der Waals surface area (Å²) in [6.07, 6.45) is 7.43. The SMILES string of the molecule is CCN1CCC(Cc2cn3c(n2)C(O)CCC3)CC1. The van der Waals surface area contributed by atoms with Crippen LogP contribution < -0.4 is 0 Å². The molecule has 0 bridgehead atoms. The lowest BCUT2D eigenvalue weighted by Gasteiger charge is -2.30. The zero-order chi connectivity index (χ0) is 13.2. The van der Waals surface area contributed by atoms with Crippen LogP contribution in [0.4, 0.5) is 0 Å². The van der Waals surface area contributed by atoms with E-state index in [0.29, 0.717) is 0 Å². The number of piperidine rings is 1. The first-order valence-electron chi connectivity index (χ1n) is 7.72. The Morgan fingerprint density at radius 2 is 2.05 bits per heavy atom. The van der Waals surface area contributed by atoms with E-state index in [1.54, 1.807) is 0 Å². The fourth-order valence-electron chi connectivity index (χ4n) is 3.42. The number of rotatable bonds is 3. The molecule has 1 aromatic heterocycles. The number of imidazole rings is 1. The van der Waals surface area contributed by atoms with Gasteiger partial charge in [-0.25, -0.2) is 4.98 Å². The predicted octanol–water partition coefficient (Wildman–Crippen LogP) is 1.98. The molecule has 0 radical (unpaired) electrons. The lowest BCUT2D eigenvalue weighted by atomic mass is 9.92. The molecular formula is C15H25N3O. The van der Waals surface area contributed by atoms with Crippen molar-refractivity contribution in [3.63, 3.8) is 0 Å². The summed E-state index contributed by atoms with van der Waals surface area (Å²) in [6.45, 7) is 6.91. The molecule has 0 aromatic carbocycles. The maximum Gasteiger partial charge on any atom is 0.137 e. The molecule has 1 saturated heterocycles. The Morgan fingerprint density at radius 1 is 1.26 bits per heavy atom. The molecule has 0 saturated carbocycles. The van der Waals surface area contributed by atoms with Crippen LogP contribution in [0, 0.1) is 5.92 Å². The highest BCUT2D eigenvalue weighted by Gasteiger charge is 2.23. The van der Waals surface area contributed by atoms with Gasteiger partial charge in [-0.15, -0.1) is 0 Å². The molecule has 3 heterocycles. The molecule has 2 aliphatic rings. The zero-order valence-corrected chi connectivity index (χ0v) is 11.9. The van der Waals surface area contributed by atoms with Crippen molar-refractivity contribution in [1.29, 1.82) is 0 Å². The van der Waals surface area contributed by atoms with Crippen LogP contribution in [-0.2, 0) is 13.0 Å². The second kappa shape index (κ2) is 5.63. The standard InChI is InChI=1S/C15H25N3O/c1-2-17-8-5-12(6-9-17)10-13-11-18-7-3-4-14(19)15(18)16-13/h11-12,14,19H,2-10H2,1H3. The third kappa shape index (κ3) is 2.84. The van der Waals surface area contributed by atoms with Gasteiger partial charge in [-0.3, -0.25) is 0 Å². The van der Waals surface area contributed by atoms with E-state index in [-0.39, 0.29) is 6.10 Å². The molecule has 1 aromatic rings. The van der Waals surface area contributed by atoms with Gasteiger partial charge in [-0.05, 0) is 57.7 Å². The van der Waals surface area contributed by atoms with Crippen LogP contribution in [0.2, 0.25) is 0 Å². The normalized spacial score (nSPS) is 25.5. The molecule has 106 valence electrons. The van der Waals surface area contributed by atoms with Crippen molar-refractivity contribution < 1.29 is 5.11 Å². The Morgan fingerprint density at radius 3 is 2.74 bits per heavy atom. The van der Waals surface area contributed by atoms with Gasteiger partial charge >= 0.3 is 0 Å². The van der Waals surface area contributed by atoms with Crippen molar-refractivity contribution >= 4 is 0 Å². The van der Waals surface area contributed by atoms with Gasteiger partial charge in [0.05, 0.1) is 5.69 Å². The quantitative estimate of drug-likeness (QED) is 0.906. The summed E-state index contributed by atoms with van der Waals surface area (Å²) < 4.78 is 2.16. The summed E-state index contributed by atoms with van der Waals surface area (Å²) in [6, 6.07) is 0. The third-order valence-corrected chi connectivity index (χ3v) is 4.68. The van der Waals surface area contributed by atoms with E-state index in [4.69, 9.17) is 0 Å². The molecule has 1 unspecified atom stereocenters. The second-order valence-corrected chi connectivity index (χ2v) is 6.02. The van der Waals surface area contributed by atoms with Crippen LogP contribution in [0.25, 0.3) is 0 Å². The van der Waals surface area contributed by atoms with Crippen molar-refractivity contribution in [3.05, 3.63) is 17.7 Å². The van der Waals surface area contributed by atoms with Crippen LogP contribution in [-0.4, -0.2) is 39.2 Å². The molecule has 1 N–H and O–H groups in total. The molecular weight excluding hydrogens is 238 g/mol. The van der Waals surface area contributed by atoms with Gasteiger partial charge in [0.2, 0.25) is 0 Å². The number of aryl methyl sites for hydroxylation is 1. The summed E-state index contributed by atoms with van der Waals surface area (Å²) in [5, 5.41) is 9.96. The summed E-state index contributed by atoms with van der Waals surface area (Å²) in [5.41, 5.74) is 1.19. The van der Waals surface area contributed by atoms with Crippen LogP contribution in [0.3, 0.4) is 0 Å². The Bertz CT molecular complexity index is 421. The first kappa shape index (κ1) is 13.1. The second-order valence-electron chi connectivity index (χ2n) is 6.02. The summed E-state index contributed by atoms with van der Waals surface area (Å²) in [4.78, 5) is 7.19. The van der Waals surface area contributed by atoms with E-state index in [1.807, 2.05) is 0 Å². The van der Waals surface area contributed by atoms with E-state index < -0.39 is 0 Å². The Balaban J connectivity index is 1.61. The van der Waals surface area contributed by atoms with Gasteiger partial charge in [0.15, 0.2) is 0 Å². The Kier molecular flexibility index (Phi) is 3.89. The fraction of sp³-hybridized carbons (Fsp3) is 0.800. The third-order valence-electron chi connectivity index (χ3n) is 4.68. The van der Waals surface area contributed by atoms with Gasteiger partial charge < -0.3 is 14.6 Å². The molecule has 19 heavy (non-hydrogen) atoms. The summed E-state index contributed by atoms with van der Waals surface area (Å²) in [7, 11) is 0. The molecule has 4 nitrogen and oxygen atoms in total. The van der Waals surface area contributed by atoms with Crippen LogP contribution in [0.1, 0.15) is 50.2 Å². The monoisotopic (exact) mass is 263 g/mol. The predicted molar refractivity (Wildman–Crippen MR) is 75.0 cm³/mol. The van der Waals surface area contributed by atoms with Gasteiger partial charge in [0, 0.05) is 12.7 Å². The maximum absolute atomic E-state index is 9.96. The highest BCUT2D eigenvalue weighted by Crippen LogP contribution is 2.26. The number of aliphatic hydroxyl groups is 1. The average molecular weight is 263 g/mol. The van der Waals surface area contributed by atoms with Gasteiger partial charge in [-0.2, -0.15) is 0 Å². The van der Waals surface area contributed by atoms with Gasteiger partial charge in [-0.1, -0.05) is 6.92 Å². The minimum atomic E-state index is -0.343. The van der Waals surface area contributed by atoms with Gasteiger partial charge in [0.25, 0.3) is 0 Å². The maximum atomic E-state index is 9.96. The number of nitrogens with zero attached hydrogens (tertiary/aromatic N) is 3. The van der Waals surface area contributed by atoms with Crippen LogP contribution in [0.5, 0.6) is 0 Å². The number of aromatic nitrogens is 2. The van der Waals surface area contributed by atoms with E-state index in [2.05, 4.69) is 27.6 Å². The number of hydrogen-bond donors (Lipinski definition) is 1. The first-order chi connectivity index (χ1) is 9.26. The molecule has 4 heteroatoms. The number of likely N-dealkylation sites (tertiary alicyclic amines) is 1. The van der Waals surface area contributed by atoms with E-state index in [9.17, 15) is 5.11 Å². The number of aliphatic hydroxyl groups excluding tert-OH is 1. The average Bonchev–Trinajstić information content (AvgIpc) is 2.84. The molecule has 2 aliphatic heterocycles. The first-order valence-corrected chi connectivity index (χ1v) is 7.72. The fourth-order valence-corrected chi connectivity index (χ4v) is 3.42. The highest BCUT2D eigenvalue weighted by atomic mass is 16.3. The Hall–Kier alpha value is -0.870. The summed E-state index contributed by atoms with van der Waals surface area (Å²) in [5.74, 6) is 1.67. The minimum absolute atomic E-state index is 0.343. The lowest BCUT2D eigenvalue weighted by molar-refractivity contribution is 0.133. The molecule has 3 rings (SSSR count). The number of fused-ring (bicyclic) bond motifs is 1. The lowest BCUT2D eigenvalue weighted by Crippen LogP contribution is -2.34. The van der Waals surface area contributed by atoms with Crippen LogP contribution >= 0.6 is 0 Å². The topological polar surface area (TPSA) is 41.3 Å². The molecule has 0 aliphatic carbocycles.